The second-order valence-electron chi connectivity index (χ2n) is 6.16. The molecule has 0 aliphatic carbocycles. The van der Waals surface area contributed by atoms with E-state index in [0.717, 1.165) is 26.0 Å². The van der Waals surface area contributed by atoms with Crippen LogP contribution in [0.1, 0.15) is 5.56 Å². The molecule has 0 heterocycles. The lowest BCUT2D eigenvalue weighted by Crippen LogP contribution is -2.25. The molecular weight excluding hydrogens is 368 g/mol. The Kier molecular flexibility index (Phi) is 4.03. The van der Waals surface area contributed by atoms with Crippen molar-refractivity contribution >= 4 is 55.7 Å². The van der Waals surface area contributed by atoms with Crippen molar-refractivity contribution in [1.29, 1.82) is 0 Å². The molecule has 0 N–H and O–H groups in total. The van der Waals surface area contributed by atoms with Crippen LogP contribution >= 0.6 is 15.9 Å². The van der Waals surface area contributed by atoms with Gasteiger partial charge in [-0.3, -0.25) is 0 Å². The van der Waals surface area contributed by atoms with Crippen LogP contribution in [0.3, 0.4) is 0 Å². The highest BCUT2D eigenvalue weighted by Gasteiger charge is 2.05. The number of benzene rings is 4. The van der Waals surface area contributed by atoms with Crippen molar-refractivity contribution in [3.05, 3.63) is 99.8 Å². The van der Waals surface area contributed by atoms with Crippen molar-refractivity contribution in [2.24, 2.45) is 0 Å². The molecule has 0 aliphatic heterocycles. The lowest BCUT2D eigenvalue weighted by atomic mass is 9.96. The topological polar surface area (TPSA) is 0 Å². The molecule has 0 radical (unpaired) electrons. The summed E-state index contributed by atoms with van der Waals surface area (Å²) in [6, 6.07) is 25.2. The van der Waals surface area contributed by atoms with Crippen molar-refractivity contribution in [2.45, 2.75) is 0 Å². The van der Waals surface area contributed by atoms with Gasteiger partial charge >= 0.3 is 0 Å². The normalized spacial score (nSPS) is 12.0. The van der Waals surface area contributed by atoms with Gasteiger partial charge in [0.05, 0.1) is 0 Å². The van der Waals surface area contributed by atoms with E-state index in [9.17, 15) is 0 Å². The molecule has 0 fully saturated rings. The summed E-state index contributed by atoms with van der Waals surface area (Å²) in [5.74, 6) is 0. The molecule has 25 heavy (non-hydrogen) atoms. The van der Waals surface area contributed by atoms with E-state index in [0.29, 0.717) is 0 Å². The van der Waals surface area contributed by atoms with Gasteiger partial charge in [0.25, 0.3) is 0 Å². The molecule has 0 aromatic heterocycles. The van der Waals surface area contributed by atoms with Gasteiger partial charge in [-0.1, -0.05) is 89.8 Å². The highest BCUT2D eigenvalue weighted by Crippen LogP contribution is 2.22. The molecule has 0 unspecified atom stereocenters. The second kappa shape index (κ2) is 6.34. The maximum Gasteiger partial charge on any atom is 0.0181 e. The summed E-state index contributed by atoms with van der Waals surface area (Å²) in [6.07, 6.45) is 2.15. The zero-order chi connectivity index (χ0) is 17.4. The molecule has 0 aliphatic rings. The smallest absolute Gasteiger partial charge is 0.0181 e. The van der Waals surface area contributed by atoms with Crippen LogP contribution in [-0.4, -0.2) is 0 Å². The van der Waals surface area contributed by atoms with Crippen molar-refractivity contribution in [1.82, 2.24) is 0 Å². The summed E-state index contributed by atoms with van der Waals surface area (Å²) in [5.41, 5.74) is 2.08. The Morgan fingerprint density at radius 2 is 1.36 bits per heavy atom. The van der Waals surface area contributed by atoms with Crippen LogP contribution in [0.25, 0.3) is 39.8 Å². The maximum atomic E-state index is 4.38. The number of fused-ring (bicyclic) bond motifs is 3. The van der Waals surface area contributed by atoms with Gasteiger partial charge in [-0.15, -0.1) is 0 Å². The molecule has 4 aromatic rings. The van der Waals surface area contributed by atoms with Gasteiger partial charge in [0, 0.05) is 4.47 Å². The first-order chi connectivity index (χ1) is 12.1. The van der Waals surface area contributed by atoms with E-state index >= 15 is 0 Å². The molecule has 1 heteroatoms. The molecule has 0 spiro atoms. The molecule has 0 nitrogen and oxygen atoms in total. The summed E-state index contributed by atoms with van der Waals surface area (Å²) in [6.45, 7) is 8.67. The first-order valence-corrected chi connectivity index (χ1v) is 8.99. The average Bonchev–Trinajstić information content (AvgIpc) is 2.65. The van der Waals surface area contributed by atoms with E-state index in [2.05, 4.69) is 95.8 Å². The second-order valence-corrected chi connectivity index (χ2v) is 7.08. The largest absolute Gasteiger partial charge is 0.0911 e. The highest BCUT2D eigenvalue weighted by atomic mass is 79.9. The Bertz CT molecular complexity index is 1230. The standard InChI is InChI=1S/C24H17Br/c1-16(18-8-7-9-19(25)15-18)14-24-17(2)20-10-3-4-11-21(20)22-12-5-6-13-23(22)24/h3-15H,1-2H2/b24-14+. The van der Waals surface area contributed by atoms with Crippen molar-refractivity contribution in [2.75, 3.05) is 0 Å². The third-order valence-electron chi connectivity index (χ3n) is 4.60. The lowest BCUT2D eigenvalue weighted by molar-refractivity contribution is 1.59. The molecule has 4 aromatic carbocycles. The summed E-state index contributed by atoms with van der Waals surface area (Å²) in [4.78, 5) is 0. The summed E-state index contributed by atoms with van der Waals surface area (Å²) in [7, 11) is 0. The first-order valence-electron chi connectivity index (χ1n) is 8.20. The highest BCUT2D eigenvalue weighted by molar-refractivity contribution is 9.10. The molecule has 0 bridgehead atoms. The zero-order valence-electron chi connectivity index (χ0n) is 13.8. The van der Waals surface area contributed by atoms with E-state index in [-0.39, 0.29) is 0 Å². The van der Waals surface area contributed by atoms with Crippen molar-refractivity contribution in [3.8, 4) is 0 Å². The van der Waals surface area contributed by atoms with Gasteiger partial charge in [0.15, 0.2) is 0 Å². The van der Waals surface area contributed by atoms with Gasteiger partial charge in [-0.2, -0.15) is 0 Å². The third kappa shape index (κ3) is 2.81. The van der Waals surface area contributed by atoms with Gasteiger partial charge in [0.2, 0.25) is 0 Å². The van der Waals surface area contributed by atoms with E-state index in [1.807, 2.05) is 12.1 Å². The first kappa shape index (κ1) is 15.9. The van der Waals surface area contributed by atoms with Crippen molar-refractivity contribution < 1.29 is 0 Å². The molecule has 0 amide bonds. The van der Waals surface area contributed by atoms with Crippen LogP contribution in [0.5, 0.6) is 0 Å². The van der Waals surface area contributed by atoms with Crippen LogP contribution in [0.2, 0.25) is 0 Å². The summed E-state index contributed by atoms with van der Waals surface area (Å²) in [5, 5.41) is 7.08. The maximum absolute atomic E-state index is 4.38. The van der Waals surface area contributed by atoms with Crippen LogP contribution < -0.4 is 10.4 Å². The lowest BCUT2D eigenvalue weighted by Gasteiger charge is -2.08. The van der Waals surface area contributed by atoms with E-state index < -0.39 is 0 Å². The summed E-state index contributed by atoms with van der Waals surface area (Å²) >= 11 is 3.54. The fourth-order valence-corrected chi connectivity index (χ4v) is 3.75. The molecular formula is C24H17Br. The Morgan fingerprint density at radius 3 is 2.04 bits per heavy atom. The third-order valence-corrected chi connectivity index (χ3v) is 5.09. The van der Waals surface area contributed by atoms with Crippen LogP contribution in [0.15, 0.2) is 83.8 Å². The minimum atomic E-state index is 0.978. The van der Waals surface area contributed by atoms with Crippen LogP contribution in [0.4, 0.5) is 0 Å². The van der Waals surface area contributed by atoms with Gasteiger partial charge in [-0.05, 0) is 61.3 Å². The van der Waals surface area contributed by atoms with E-state index in [1.165, 1.54) is 21.5 Å². The average molecular weight is 385 g/mol. The Labute approximate surface area is 155 Å². The predicted octanol–water partition coefficient (Wildman–Crippen LogP) is 5.66. The fourth-order valence-electron chi connectivity index (χ4n) is 3.35. The van der Waals surface area contributed by atoms with Gasteiger partial charge < -0.3 is 0 Å². The van der Waals surface area contributed by atoms with Gasteiger partial charge in [-0.25, -0.2) is 0 Å². The van der Waals surface area contributed by atoms with Crippen LogP contribution in [-0.2, 0) is 0 Å². The molecule has 0 atom stereocenters. The number of rotatable bonds is 2. The number of allylic oxidation sites excluding steroid dienone is 1. The number of hydrogen-bond donors (Lipinski definition) is 0. The summed E-state index contributed by atoms with van der Waals surface area (Å²) < 4.78 is 1.05. The van der Waals surface area contributed by atoms with Gasteiger partial charge in [0.1, 0.15) is 0 Å². The zero-order valence-corrected chi connectivity index (χ0v) is 15.4. The molecule has 120 valence electrons. The Morgan fingerprint density at radius 1 is 0.760 bits per heavy atom. The van der Waals surface area contributed by atoms with Crippen LogP contribution in [0, 0.1) is 0 Å². The fraction of sp³-hybridized carbons (Fsp3) is 0. The van der Waals surface area contributed by atoms with Crippen molar-refractivity contribution in [3.63, 3.8) is 0 Å². The minimum Gasteiger partial charge on any atom is -0.0911 e. The molecule has 0 saturated carbocycles. The van der Waals surface area contributed by atoms with E-state index in [4.69, 9.17) is 0 Å². The monoisotopic (exact) mass is 384 g/mol. The number of hydrogen-bond acceptors (Lipinski definition) is 0. The quantitative estimate of drug-likeness (QED) is 0.391. The molecule has 4 rings (SSSR count). The van der Waals surface area contributed by atoms with E-state index in [1.54, 1.807) is 0 Å². The molecule has 0 saturated heterocycles. The Hall–Kier alpha value is -2.64. The Balaban J connectivity index is 2.08. The number of halogens is 1. The minimum absolute atomic E-state index is 0.978. The SMILES string of the molecule is C=C(/C=c1\c(=C)c2ccccc2c2ccccc12)c1cccc(Br)c1. The predicted molar refractivity (Wildman–Crippen MR) is 114 cm³/mol.